The summed E-state index contributed by atoms with van der Waals surface area (Å²) in [6.07, 6.45) is 5.52. The Morgan fingerprint density at radius 3 is 2.76 bits per heavy atom. The maximum Gasteiger partial charge on any atom is 0.284 e. The van der Waals surface area contributed by atoms with Gasteiger partial charge in [0.25, 0.3) is 11.6 Å². The molecule has 2 aromatic carbocycles. The third-order valence-electron chi connectivity index (χ3n) is 6.28. The first-order valence-corrected chi connectivity index (χ1v) is 12.8. The molecule has 188 valence electrons. The van der Waals surface area contributed by atoms with Crippen LogP contribution in [0.15, 0.2) is 70.1 Å². The van der Waals surface area contributed by atoms with Gasteiger partial charge in [0.2, 0.25) is 0 Å². The Bertz CT molecular complexity index is 1470. The molecule has 9 heteroatoms. The molecule has 1 aliphatic carbocycles. The Kier molecular flexibility index (Phi) is 7.14. The van der Waals surface area contributed by atoms with Gasteiger partial charge in [-0.3, -0.25) is 14.9 Å². The lowest BCUT2D eigenvalue weighted by atomic mass is 9.95. The number of thiophene rings is 1. The number of carbonyl (C=O) groups excluding carboxylic acids is 1. The van der Waals surface area contributed by atoms with Crippen molar-refractivity contribution >= 4 is 34.1 Å². The normalized spacial score (nSPS) is 12.9. The fourth-order valence-corrected chi connectivity index (χ4v) is 5.66. The number of fused-ring (bicyclic) bond motifs is 1. The van der Waals surface area contributed by atoms with Gasteiger partial charge in [-0.15, -0.1) is 11.3 Å². The van der Waals surface area contributed by atoms with Gasteiger partial charge in [0, 0.05) is 11.4 Å². The molecule has 0 fully saturated rings. The van der Waals surface area contributed by atoms with Gasteiger partial charge in [0.1, 0.15) is 22.3 Å². The first kappa shape index (κ1) is 24.5. The van der Waals surface area contributed by atoms with E-state index in [2.05, 4.69) is 10.3 Å². The number of hydrogen-bond donors (Lipinski definition) is 1. The number of nitro groups is 1. The summed E-state index contributed by atoms with van der Waals surface area (Å²) in [7, 11) is 1.46. The fourth-order valence-electron chi connectivity index (χ4n) is 4.43. The standard InChI is InChI=1S/C28H25N3O5S/c1-35-19-11-13-21(23(15-19)31(33)34)24-14-12-20(36-24)17-30-28-26(22-9-5-6-10-25(22)37-28)27(32)29-16-18-7-3-2-4-8-18/h2-4,7-8,11-15,17H,5-6,9-10,16H2,1H3,(H,29,32)/b30-17-. The number of furan rings is 1. The molecule has 1 amide bonds. The van der Waals surface area contributed by atoms with Crippen LogP contribution in [0.2, 0.25) is 0 Å². The Labute approximate surface area is 217 Å². The van der Waals surface area contributed by atoms with Gasteiger partial charge >= 0.3 is 0 Å². The average Bonchev–Trinajstić information content (AvgIpc) is 3.55. The largest absolute Gasteiger partial charge is 0.497 e. The van der Waals surface area contributed by atoms with Crippen LogP contribution in [0.1, 0.15) is 45.0 Å². The van der Waals surface area contributed by atoms with Gasteiger partial charge in [-0.2, -0.15) is 0 Å². The first-order chi connectivity index (χ1) is 18.0. The number of ether oxygens (including phenoxy) is 1. The molecule has 5 rings (SSSR count). The molecule has 1 N–H and O–H groups in total. The maximum absolute atomic E-state index is 13.3. The van der Waals surface area contributed by atoms with E-state index in [1.54, 1.807) is 41.8 Å². The molecule has 0 atom stereocenters. The second-order valence-corrected chi connectivity index (χ2v) is 9.74. The minimum absolute atomic E-state index is 0.111. The summed E-state index contributed by atoms with van der Waals surface area (Å²) in [5.41, 5.74) is 2.98. The van der Waals surface area contributed by atoms with Crippen molar-refractivity contribution in [1.29, 1.82) is 0 Å². The summed E-state index contributed by atoms with van der Waals surface area (Å²) in [5, 5.41) is 15.3. The number of rotatable bonds is 8. The Morgan fingerprint density at radius 2 is 1.97 bits per heavy atom. The number of aryl methyl sites for hydroxylation is 1. The monoisotopic (exact) mass is 515 g/mol. The van der Waals surface area contributed by atoms with Crippen LogP contribution in [0, 0.1) is 10.1 Å². The van der Waals surface area contributed by atoms with Crippen molar-refractivity contribution in [2.24, 2.45) is 4.99 Å². The summed E-state index contributed by atoms with van der Waals surface area (Å²) in [4.78, 5) is 30.2. The van der Waals surface area contributed by atoms with E-state index < -0.39 is 4.92 Å². The number of hydrogen-bond acceptors (Lipinski definition) is 7. The van der Waals surface area contributed by atoms with Crippen LogP contribution >= 0.6 is 11.3 Å². The van der Waals surface area contributed by atoms with Crippen molar-refractivity contribution in [2.75, 3.05) is 7.11 Å². The molecular formula is C28H25N3O5S. The molecule has 2 aromatic heterocycles. The highest BCUT2D eigenvalue weighted by molar-refractivity contribution is 7.16. The molecule has 0 saturated carbocycles. The topological polar surface area (TPSA) is 107 Å². The van der Waals surface area contributed by atoms with Crippen LogP contribution in [-0.2, 0) is 19.4 Å². The molecular weight excluding hydrogens is 490 g/mol. The summed E-state index contributed by atoms with van der Waals surface area (Å²) in [6, 6.07) is 17.8. The van der Waals surface area contributed by atoms with Crippen LogP contribution < -0.4 is 10.1 Å². The molecule has 37 heavy (non-hydrogen) atoms. The van der Waals surface area contributed by atoms with E-state index in [1.165, 1.54) is 18.1 Å². The second-order valence-electron chi connectivity index (χ2n) is 8.66. The number of amides is 1. The van der Waals surface area contributed by atoms with Crippen LogP contribution in [0.5, 0.6) is 5.75 Å². The predicted octanol–water partition coefficient (Wildman–Crippen LogP) is 6.48. The molecule has 4 aromatic rings. The average molecular weight is 516 g/mol. The quantitative estimate of drug-likeness (QED) is 0.164. The van der Waals surface area contributed by atoms with E-state index >= 15 is 0 Å². The van der Waals surface area contributed by atoms with Gasteiger partial charge in [-0.25, -0.2) is 4.99 Å². The first-order valence-electron chi connectivity index (χ1n) is 12.0. The Balaban J connectivity index is 1.41. The number of nitrogens with one attached hydrogen (secondary N) is 1. The Morgan fingerprint density at radius 1 is 1.16 bits per heavy atom. The molecule has 0 bridgehead atoms. The van der Waals surface area contributed by atoms with Gasteiger partial charge < -0.3 is 14.5 Å². The summed E-state index contributed by atoms with van der Waals surface area (Å²) in [5.74, 6) is 1.04. The van der Waals surface area contributed by atoms with Gasteiger partial charge in [-0.05, 0) is 61.1 Å². The van der Waals surface area contributed by atoms with Crippen LogP contribution in [0.25, 0.3) is 11.3 Å². The smallest absolute Gasteiger partial charge is 0.284 e. The minimum Gasteiger partial charge on any atom is -0.497 e. The van der Waals surface area contributed by atoms with Crippen molar-refractivity contribution in [1.82, 2.24) is 5.32 Å². The van der Waals surface area contributed by atoms with Crippen molar-refractivity contribution in [3.8, 4) is 17.1 Å². The summed E-state index contributed by atoms with van der Waals surface area (Å²) < 4.78 is 11.0. The fraction of sp³-hybridized carbons (Fsp3) is 0.214. The van der Waals surface area contributed by atoms with Crippen LogP contribution in [0.3, 0.4) is 0 Å². The van der Waals surface area contributed by atoms with E-state index in [0.29, 0.717) is 39.9 Å². The molecule has 8 nitrogen and oxygen atoms in total. The minimum atomic E-state index is -0.468. The van der Waals surface area contributed by atoms with Gasteiger partial charge in [-0.1, -0.05) is 30.3 Å². The summed E-state index contributed by atoms with van der Waals surface area (Å²) in [6.45, 7) is 0.440. The lowest BCUT2D eigenvalue weighted by Crippen LogP contribution is -2.24. The lowest BCUT2D eigenvalue weighted by molar-refractivity contribution is -0.384. The zero-order valence-corrected chi connectivity index (χ0v) is 21.0. The molecule has 1 aliphatic rings. The maximum atomic E-state index is 13.3. The number of aliphatic imine (C=N–C) groups is 1. The molecule has 2 heterocycles. The highest BCUT2D eigenvalue weighted by Crippen LogP contribution is 2.40. The number of nitrogens with zero attached hydrogens (tertiary/aromatic N) is 2. The van der Waals surface area contributed by atoms with E-state index in [-0.39, 0.29) is 11.6 Å². The zero-order valence-electron chi connectivity index (χ0n) is 20.2. The molecule has 0 saturated heterocycles. The molecule has 0 aliphatic heterocycles. The third kappa shape index (κ3) is 5.31. The molecule has 0 radical (unpaired) electrons. The van der Waals surface area contributed by atoms with Crippen LogP contribution in [0.4, 0.5) is 10.7 Å². The van der Waals surface area contributed by atoms with E-state index in [9.17, 15) is 14.9 Å². The number of methoxy groups -OCH3 is 1. The predicted molar refractivity (Wildman–Crippen MR) is 143 cm³/mol. The SMILES string of the molecule is COc1ccc(-c2ccc(/C=N\c3sc4c(c3C(=O)NCc3ccccc3)CCCC4)o2)c([N+](=O)[O-])c1. The summed E-state index contributed by atoms with van der Waals surface area (Å²) >= 11 is 1.54. The van der Waals surface area contributed by atoms with Crippen molar-refractivity contribution < 1.29 is 18.9 Å². The van der Waals surface area contributed by atoms with Crippen LogP contribution in [-0.4, -0.2) is 24.2 Å². The van der Waals surface area contributed by atoms with Gasteiger partial charge in [0.05, 0.1) is 35.4 Å². The van der Waals surface area contributed by atoms with Crippen molar-refractivity contribution in [2.45, 2.75) is 32.2 Å². The van der Waals surface area contributed by atoms with E-state index in [4.69, 9.17) is 9.15 Å². The Hall–Kier alpha value is -4.24. The van der Waals surface area contributed by atoms with Crippen molar-refractivity contribution in [3.05, 3.63) is 98.1 Å². The zero-order chi connectivity index (χ0) is 25.8. The highest BCUT2D eigenvalue weighted by Gasteiger charge is 2.25. The highest BCUT2D eigenvalue weighted by atomic mass is 32.1. The lowest BCUT2D eigenvalue weighted by Gasteiger charge is -2.12. The number of carbonyl (C=O) groups is 1. The second kappa shape index (κ2) is 10.8. The number of benzene rings is 2. The third-order valence-corrected chi connectivity index (χ3v) is 7.48. The van der Waals surface area contributed by atoms with Gasteiger partial charge in [0.15, 0.2) is 0 Å². The molecule has 0 spiro atoms. The van der Waals surface area contributed by atoms with E-state index in [1.807, 2.05) is 30.3 Å². The van der Waals surface area contributed by atoms with Crippen molar-refractivity contribution in [3.63, 3.8) is 0 Å². The molecule has 0 unspecified atom stereocenters. The van der Waals surface area contributed by atoms with E-state index in [0.717, 1.165) is 36.8 Å². The number of nitro benzene ring substituents is 1.